The number of nitrogens with two attached hydrogens (primary N) is 1. The fourth-order valence-electron chi connectivity index (χ4n) is 0.799. The predicted octanol–water partition coefficient (Wildman–Crippen LogP) is 0.115. The summed E-state index contributed by atoms with van der Waals surface area (Å²) in [6.45, 7) is 0.659. The van der Waals surface area contributed by atoms with Crippen LogP contribution in [0.1, 0.15) is 5.56 Å². The van der Waals surface area contributed by atoms with Gasteiger partial charge in [0.05, 0.1) is 0 Å². The molecule has 0 atom stereocenters. The molecular formula is C6H10N2O2S2. The van der Waals surface area contributed by atoms with E-state index in [1.54, 1.807) is 18.5 Å². The van der Waals surface area contributed by atoms with E-state index in [0.29, 0.717) is 6.54 Å². The van der Waals surface area contributed by atoms with E-state index in [2.05, 4.69) is 5.32 Å². The van der Waals surface area contributed by atoms with E-state index in [0.717, 1.165) is 16.9 Å². The van der Waals surface area contributed by atoms with Crippen molar-refractivity contribution in [1.82, 2.24) is 5.32 Å². The maximum atomic E-state index is 10.8. The first-order valence-corrected chi connectivity index (χ1v) is 5.71. The highest BCUT2D eigenvalue weighted by molar-refractivity contribution is 7.91. The third-order valence-corrected chi connectivity index (χ3v) is 3.73. The highest BCUT2D eigenvalue weighted by atomic mass is 32.2. The molecule has 1 heterocycles. The fraction of sp³-hybridized carbons (Fsp3) is 0.333. The van der Waals surface area contributed by atoms with Crippen LogP contribution in [0.5, 0.6) is 0 Å². The zero-order valence-electron chi connectivity index (χ0n) is 6.57. The van der Waals surface area contributed by atoms with Gasteiger partial charge in [-0.1, -0.05) is 0 Å². The summed E-state index contributed by atoms with van der Waals surface area (Å²) in [4.78, 5) is 0. The largest absolute Gasteiger partial charge is 0.316 e. The van der Waals surface area contributed by atoms with Crippen LogP contribution in [0.3, 0.4) is 0 Å². The van der Waals surface area contributed by atoms with Crippen LogP contribution in [0, 0.1) is 0 Å². The monoisotopic (exact) mass is 206 g/mol. The second-order valence-electron chi connectivity index (χ2n) is 2.35. The molecule has 0 aromatic carbocycles. The standard InChI is InChI=1S/C6H10N2O2S2/c1-8-3-5-2-6(11-4-5)12(7,9)10/h2,4,8H,3H2,1H3,(H2,7,9,10). The van der Waals surface area contributed by atoms with Gasteiger partial charge in [-0.15, -0.1) is 11.3 Å². The van der Waals surface area contributed by atoms with Gasteiger partial charge in [0.1, 0.15) is 4.21 Å². The highest BCUT2D eigenvalue weighted by Crippen LogP contribution is 2.18. The summed E-state index contributed by atoms with van der Waals surface area (Å²) in [5, 5.41) is 9.62. The molecule has 0 unspecified atom stereocenters. The third-order valence-electron chi connectivity index (χ3n) is 1.29. The Morgan fingerprint density at radius 1 is 1.67 bits per heavy atom. The van der Waals surface area contributed by atoms with E-state index in [1.807, 2.05) is 0 Å². The van der Waals surface area contributed by atoms with Crippen molar-refractivity contribution in [3.05, 3.63) is 17.0 Å². The number of hydrogen-bond acceptors (Lipinski definition) is 4. The molecule has 3 N–H and O–H groups in total. The lowest BCUT2D eigenvalue weighted by atomic mass is 10.3. The van der Waals surface area contributed by atoms with Gasteiger partial charge in [-0.25, -0.2) is 13.6 Å². The molecule has 1 rings (SSSR count). The molecule has 4 nitrogen and oxygen atoms in total. The van der Waals surface area contributed by atoms with Crippen molar-refractivity contribution in [3.63, 3.8) is 0 Å². The first-order valence-electron chi connectivity index (χ1n) is 3.29. The Hall–Kier alpha value is -0.430. The van der Waals surface area contributed by atoms with Crippen molar-refractivity contribution in [2.75, 3.05) is 7.05 Å². The van der Waals surface area contributed by atoms with Crippen molar-refractivity contribution < 1.29 is 8.42 Å². The summed E-state index contributed by atoms with van der Waals surface area (Å²) >= 11 is 1.14. The zero-order chi connectivity index (χ0) is 9.19. The summed E-state index contributed by atoms with van der Waals surface area (Å²) in [7, 11) is -1.71. The normalized spacial score (nSPS) is 11.8. The van der Waals surface area contributed by atoms with E-state index in [4.69, 9.17) is 5.14 Å². The van der Waals surface area contributed by atoms with Gasteiger partial charge in [0.25, 0.3) is 0 Å². The molecule has 0 aliphatic rings. The van der Waals surface area contributed by atoms with Crippen molar-refractivity contribution >= 4 is 21.4 Å². The minimum absolute atomic E-state index is 0.216. The minimum Gasteiger partial charge on any atom is -0.316 e. The Morgan fingerprint density at radius 2 is 2.33 bits per heavy atom. The van der Waals surface area contributed by atoms with Crippen molar-refractivity contribution in [1.29, 1.82) is 0 Å². The molecule has 1 aromatic heterocycles. The van der Waals surface area contributed by atoms with Gasteiger partial charge >= 0.3 is 0 Å². The van der Waals surface area contributed by atoms with Gasteiger partial charge in [-0.3, -0.25) is 0 Å². The van der Waals surface area contributed by atoms with Crippen LogP contribution in [-0.2, 0) is 16.6 Å². The lowest BCUT2D eigenvalue weighted by Gasteiger charge is -1.91. The Bertz CT molecular complexity index is 355. The highest BCUT2D eigenvalue weighted by Gasteiger charge is 2.09. The molecule has 0 saturated heterocycles. The average Bonchev–Trinajstić information content (AvgIpc) is 2.35. The minimum atomic E-state index is -3.51. The van der Waals surface area contributed by atoms with Crippen LogP contribution < -0.4 is 10.5 Å². The van der Waals surface area contributed by atoms with Gasteiger partial charge < -0.3 is 5.32 Å². The SMILES string of the molecule is CNCc1csc(S(N)(=O)=O)c1. The molecule has 0 aliphatic heterocycles. The first kappa shape index (κ1) is 9.66. The summed E-state index contributed by atoms with van der Waals surface area (Å²) in [5.74, 6) is 0. The Morgan fingerprint density at radius 3 is 2.75 bits per heavy atom. The van der Waals surface area contributed by atoms with Gasteiger partial charge in [0.15, 0.2) is 0 Å². The Balaban J connectivity index is 2.92. The quantitative estimate of drug-likeness (QED) is 0.737. The van der Waals surface area contributed by atoms with Crippen LogP contribution in [0.25, 0.3) is 0 Å². The maximum Gasteiger partial charge on any atom is 0.247 e. The molecule has 0 bridgehead atoms. The van der Waals surface area contributed by atoms with Gasteiger partial charge in [-0.05, 0) is 24.1 Å². The predicted molar refractivity (Wildman–Crippen MR) is 48.5 cm³/mol. The lowest BCUT2D eigenvalue weighted by molar-refractivity contribution is 0.599. The van der Waals surface area contributed by atoms with Crippen LogP contribution in [0.4, 0.5) is 0 Å². The van der Waals surface area contributed by atoms with Crippen LogP contribution in [0.2, 0.25) is 0 Å². The van der Waals surface area contributed by atoms with Crippen LogP contribution >= 0.6 is 11.3 Å². The molecule has 0 saturated carbocycles. The molecule has 68 valence electrons. The van der Waals surface area contributed by atoms with Crippen molar-refractivity contribution in [3.8, 4) is 0 Å². The molecule has 0 aliphatic carbocycles. The van der Waals surface area contributed by atoms with E-state index >= 15 is 0 Å². The molecule has 0 spiro atoms. The maximum absolute atomic E-state index is 10.8. The zero-order valence-corrected chi connectivity index (χ0v) is 8.21. The van der Waals surface area contributed by atoms with E-state index in [-0.39, 0.29) is 4.21 Å². The third kappa shape index (κ3) is 2.28. The van der Waals surface area contributed by atoms with E-state index < -0.39 is 10.0 Å². The van der Waals surface area contributed by atoms with Crippen molar-refractivity contribution in [2.45, 2.75) is 10.8 Å². The number of primary sulfonamides is 1. The molecular weight excluding hydrogens is 196 g/mol. The smallest absolute Gasteiger partial charge is 0.247 e. The average molecular weight is 206 g/mol. The topological polar surface area (TPSA) is 72.2 Å². The lowest BCUT2D eigenvalue weighted by Crippen LogP contribution is -2.10. The number of nitrogens with one attached hydrogen (secondary N) is 1. The van der Waals surface area contributed by atoms with Crippen LogP contribution in [-0.4, -0.2) is 15.5 Å². The summed E-state index contributed by atoms with van der Waals surface area (Å²) in [5.41, 5.74) is 0.937. The second kappa shape index (κ2) is 3.53. The molecule has 12 heavy (non-hydrogen) atoms. The van der Waals surface area contributed by atoms with Gasteiger partial charge in [0, 0.05) is 6.54 Å². The van der Waals surface area contributed by atoms with Crippen molar-refractivity contribution in [2.24, 2.45) is 5.14 Å². The number of hydrogen-bond donors (Lipinski definition) is 2. The number of sulfonamides is 1. The molecule has 1 aromatic rings. The molecule has 0 fully saturated rings. The van der Waals surface area contributed by atoms with Crippen LogP contribution in [0.15, 0.2) is 15.7 Å². The fourth-order valence-corrected chi connectivity index (χ4v) is 2.43. The Labute approximate surface area is 75.5 Å². The Kier molecular flexibility index (Phi) is 2.84. The first-order chi connectivity index (χ1) is 5.54. The molecule has 6 heteroatoms. The number of rotatable bonds is 3. The molecule has 0 radical (unpaired) electrons. The van der Waals surface area contributed by atoms with Gasteiger partial charge in [-0.2, -0.15) is 0 Å². The van der Waals surface area contributed by atoms with E-state index in [9.17, 15) is 8.42 Å². The summed E-state index contributed by atoms with van der Waals surface area (Å²) in [6.07, 6.45) is 0. The second-order valence-corrected chi connectivity index (χ2v) is 5.05. The number of thiophene rings is 1. The van der Waals surface area contributed by atoms with Gasteiger partial charge in [0.2, 0.25) is 10.0 Å². The van der Waals surface area contributed by atoms with E-state index in [1.165, 1.54) is 0 Å². The summed E-state index contributed by atoms with van der Waals surface area (Å²) in [6, 6.07) is 1.58. The summed E-state index contributed by atoms with van der Waals surface area (Å²) < 4.78 is 21.9. The molecule has 0 amide bonds.